The Balaban J connectivity index is 1.58. The van der Waals surface area contributed by atoms with Gasteiger partial charge in [0.25, 0.3) is 0 Å². The molecule has 0 atom stereocenters. The number of likely N-dealkylation sites (N-methyl/N-ethyl adjacent to an activating group) is 2. The van der Waals surface area contributed by atoms with Crippen molar-refractivity contribution < 1.29 is 19.4 Å². The Hall–Kier alpha value is -2.09. The van der Waals surface area contributed by atoms with Gasteiger partial charge < -0.3 is 19.6 Å². The van der Waals surface area contributed by atoms with Gasteiger partial charge in [-0.25, -0.2) is 4.79 Å². The molecule has 1 saturated heterocycles. The minimum absolute atomic E-state index is 0.000591. The standard InChI is InChI=1S/C22H36N4O4/c1-5-21(6-2)15-22(30-19(21)27)9-7-16(8-10-22)18-17(13-23-24-18)14-25(3)11-12-26(4)20(28)29/h13,16H,5-12,14-15H2,1-4H3,(H,23,24)(H,28,29)/t16-,22-. The van der Waals surface area contributed by atoms with Crippen LogP contribution in [-0.4, -0.2) is 70.0 Å². The van der Waals surface area contributed by atoms with Gasteiger partial charge in [0.2, 0.25) is 0 Å². The maximum absolute atomic E-state index is 12.6. The highest BCUT2D eigenvalue weighted by Crippen LogP contribution is 2.53. The fourth-order valence-electron chi connectivity index (χ4n) is 5.11. The highest BCUT2D eigenvalue weighted by atomic mass is 16.6. The number of esters is 1. The normalized spacial score (nSPS) is 25.6. The summed E-state index contributed by atoms with van der Waals surface area (Å²) in [6.07, 6.45) is 7.33. The number of H-pyrrole nitrogens is 1. The van der Waals surface area contributed by atoms with E-state index in [0.29, 0.717) is 19.0 Å². The Morgan fingerprint density at radius 3 is 2.50 bits per heavy atom. The van der Waals surface area contributed by atoms with Gasteiger partial charge in [0.15, 0.2) is 0 Å². The Morgan fingerprint density at radius 2 is 1.93 bits per heavy atom. The lowest BCUT2D eigenvalue weighted by molar-refractivity contribution is -0.156. The highest BCUT2D eigenvalue weighted by Gasteiger charge is 2.55. The quantitative estimate of drug-likeness (QED) is 0.624. The third kappa shape index (κ3) is 4.48. The number of aromatic nitrogens is 2. The van der Waals surface area contributed by atoms with Crippen LogP contribution in [0.4, 0.5) is 4.79 Å². The van der Waals surface area contributed by atoms with Crippen LogP contribution in [0.2, 0.25) is 0 Å². The molecule has 8 heteroatoms. The zero-order valence-electron chi connectivity index (χ0n) is 18.7. The van der Waals surface area contributed by atoms with Crippen LogP contribution in [0.5, 0.6) is 0 Å². The van der Waals surface area contributed by atoms with Crippen LogP contribution in [0.15, 0.2) is 6.20 Å². The molecular formula is C22H36N4O4. The fraction of sp³-hybridized carbons (Fsp3) is 0.773. The third-order valence-corrected chi connectivity index (χ3v) is 7.38. The minimum Gasteiger partial charge on any atom is -0.465 e. The molecule has 0 aromatic carbocycles. The van der Waals surface area contributed by atoms with Gasteiger partial charge in [-0.05, 0) is 45.6 Å². The van der Waals surface area contributed by atoms with Gasteiger partial charge in [-0.15, -0.1) is 0 Å². The maximum atomic E-state index is 12.6. The largest absolute Gasteiger partial charge is 0.465 e. The molecule has 0 bridgehead atoms. The van der Waals surface area contributed by atoms with Crippen LogP contribution in [0.3, 0.4) is 0 Å². The van der Waals surface area contributed by atoms with Gasteiger partial charge >= 0.3 is 12.1 Å². The van der Waals surface area contributed by atoms with Crippen molar-refractivity contribution in [2.24, 2.45) is 5.41 Å². The van der Waals surface area contributed by atoms with E-state index >= 15 is 0 Å². The maximum Gasteiger partial charge on any atom is 0.407 e. The van der Waals surface area contributed by atoms with E-state index in [1.165, 1.54) is 4.90 Å². The number of nitrogens with one attached hydrogen (secondary N) is 1. The monoisotopic (exact) mass is 420 g/mol. The third-order valence-electron chi connectivity index (χ3n) is 7.38. The van der Waals surface area contributed by atoms with Crippen molar-refractivity contribution in [3.8, 4) is 0 Å². The van der Waals surface area contributed by atoms with Crippen molar-refractivity contribution in [3.05, 3.63) is 17.5 Å². The molecule has 2 aliphatic rings. The summed E-state index contributed by atoms with van der Waals surface area (Å²) in [4.78, 5) is 27.0. The van der Waals surface area contributed by atoms with Gasteiger partial charge in [0.05, 0.1) is 11.1 Å². The van der Waals surface area contributed by atoms with E-state index in [0.717, 1.165) is 62.7 Å². The molecule has 1 spiro atoms. The van der Waals surface area contributed by atoms with Crippen LogP contribution in [0.25, 0.3) is 0 Å². The molecule has 30 heavy (non-hydrogen) atoms. The Kier molecular flexibility index (Phi) is 6.75. The second-order valence-electron chi connectivity index (χ2n) is 9.25. The number of aromatic amines is 1. The number of nitrogens with zero attached hydrogens (tertiary/aromatic N) is 3. The number of carboxylic acid groups (broad SMARTS) is 1. The smallest absolute Gasteiger partial charge is 0.407 e. The molecule has 0 radical (unpaired) electrons. The summed E-state index contributed by atoms with van der Waals surface area (Å²) < 4.78 is 5.99. The summed E-state index contributed by atoms with van der Waals surface area (Å²) in [7, 11) is 3.58. The summed E-state index contributed by atoms with van der Waals surface area (Å²) in [6.45, 7) is 6.04. The van der Waals surface area contributed by atoms with Crippen molar-refractivity contribution in [1.82, 2.24) is 20.0 Å². The second-order valence-corrected chi connectivity index (χ2v) is 9.25. The van der Waals surface area contributed by atoms with E-state index in [1.807, 2.05) is 13.2 Å². The van der Waals surface area contributed by atoms with E-state index in [1.54, 1.807) is 7.05 Å². The van der Waals surface area contributed by atoms with Crippen molar-refractivity contribution in [1.29, 1.82) is 0 Å². The van der Waals surface area contributed by atoms with Crippen LogP contribution in [0.1, 0.15) is 76.0 Å². The zero-order chi connectivity index (χ0) is 21.9. The van der Waals surface area contributed by atoms with Gasteiger partial charge in [-0.1, -0.05) is 13.8 Å². The molecule has 1 saturated carbocycles. The Morgan fingerprint density at radius 1 is 1.27 bits per heavy atom. The summed E-state index contributed by atoms with van der Waals surface area (Å²) in [5.74, 6) is 0.364. The first-order valence-corrected chi connectivity index (χ1v) is 11.1. The summed E-state index contributed by atoms with van der Waals surface area (Å²) in [5.41, 5.74) is 1.69. The number of hydrogen-bond donors (Lipinski definition) is 2. The number of rotatable bonds is 8. The van der Waals surface area contributed by atoms with Gasteiger partial charge in [-0.3, -0.25) is 9.89 Å². The Labute approximate surface area is 179 Å². The second kappa shape index (κ2) is 8.96. The van der Waals surface area contributed by atoms with Crippen molar-refractivity contribution >= 4 is 12.1 Å². The van der Waals surface area contributed by atoms with Crippen LogP contribution < -0.4 is 0 Å². The van der Waals surface area contributed by atoms with Gasteiger partial charge in [0.1, 0.15) is 5.60 Å². The average molecular weight is 421 g/mol. The lowest BCUT2D eigenvalue weighted by atomic mass is 9.69. The summed E-state index contributed by atoms with van der Waals surface area (Å²) >= 11 is 0. The van der Waals surface area contributed by atoms with E-state index in [4.69, 9.17) is 9.84 Å². The molecule has 1 aromatic rings. The highest BCUT2D eigenvalue weighted by molar-refractivity contribution is 5.79. The molecule has 1 amide bonds. The molecule has 3 rings (SSSR count). The van der Waals surface area contributed by atoms with E-state index in [2.05, 4.69) is 28.9 Å². The number of carbonyl (C=O) groups excluding carboxylic acids is 1. The fourth-order valence-corrected chi connectivity index (χ4v) is 5.11. The predicted molar refractivity (Wildman–Crippen MR) is 113 cm³/mol. The Bertz CT molecular complexity index is 750. The van der Waals surface area contributed by atoms with Crippen molar-refractivity contribution in [2.45, 2.75) is 76.9 Å². The molecule has 1 aliphatic carbocycles. The van der Waals surface area contributed by atoms with E-state index in [-0.39, 0.29) is 17.0 Å². The molecule has 8 nitrogen and oxygen atoms in total. The molecule has 0 unspecified atom stereocenters. The SMILES string of the molecule is CCC1(CC)C[C@]2(CC[C@@H](c3n[nH]cc3CN(C)CCN(C)C(=O)O)CC2)OC1=O. The van der Waals surface area contributed by atoms with E-state index < -0.39 is 6.09 Å². The molecule has 2 N–H and O–H groups in total. The first kappa shape index (κ1) is 22.6. The molecule has 168 valence electrons. The lowest BCUT2D eigenvalue weighted by Gasteiger charge is -2.36. The topological polar surface area (TPSA) is 98.8 Å². The van der Waals surface area contributed by atoms with Crippen LogP contribution in [-0.2, 0) is 16.1 Å². The van der Waals surface area contributed by atoms with Crippen LogP contribution >= 0.6 is 0 Å². The van der Waals surface area contributed by atoms with Gasteiger partial charge in [-0.2, -0.15) is 5.10 Å². The lowest BCUT2D eigenvalue weighted by Crippen LogP contribution is -2.35. The number of carbonyl (C=O) groups is 2. The minimum atomic E-state index is -0.911. The first-order valence-electron chi connectivity index (χ1n) is 11.1. The number of amides is 1. The molecule has 1 aliphatic heterocycles. The van der Waals surface area contributed by atoms with E-state index in [9.17, 15) is 9.59 Å². The first-order chi connectivity index (χ1) is 14.2. The summed E-state index contributed by atoms with van der Waals surface area (Å²) in [6, 6.07) is 0. The average Bonchev–Trinajstić information content (AvgIpc) is 3.29. The molecular weight excluding hydrogens is 384 g/mol. The summed E-state index contributed by atoms with van der Waals surface area (Å²) in [5, 5.41) is 16.6. The van der Waals surface area contributed by atoms with Gasteiger partial charge in [0, 0.05) is 50.8 Å². The molecule has 1 aromatic heterocycles. The predicted octanol–water partition coefficient (Wildman–Crippen LogP) is 3.60. The molecule has 2 fully saturated rings. The van der Waals surface area contributed by atoms with Crippen molar-refractivity contribution in [3.63, 3.8) is 0 Å². The molecule has 2 heterocycles. The van der Waals surface area contributed by atoms with Crippen molar-refractivity contribution in [2.75, 3.05) is 27.2 Å². The number of ether oxygens (including phenoxy) is 1. The number of hydrogen-bond acceptors (Lipinski definition) is 5. The van der Waals surface area contributed by atoms with Crippen LogP contribution in [0, 0.1) is 5.41 Å². The zero-order valence-corrected chi connectivity index (χ0v) is 18.7.